The first kappa shape index (κ1) is 22.3. The minimum Gasteiger partial charge on any atom is -0.396 e. The highest BCUT2D eigenvalue weighted by Crippen LogP contribution is 2.47. The SMILES string of the molecule is C=Nc1c(N)c(-c2c(N)c3ccccc3n2-c2ccc(C)cc2)n(-c2ccc(C)cc2)c1/C=C\C. The highest BCUT2D eigenvalue weighted by Gasteiger charge is 2.28. The van der Waals surface area contributed by atoms with Gasteiger partial charge in [0.1, 0.15) is 5.69 Å². The maximum atomic E-state index is 6.90. The van der Waals surface area contributed by atoms with Crippen molar-refractivity contribution in [2.75, 3.05) is 11.5 Å². The number of hydrogen-bond acceptors (Lipinski definition) is 3. The molecule has 5 aromatic rings. The van der Waals surface area contributed by atoms with Gasteiger partial charge in [0.05, 0.1) is 34.0 Å². The van der Waals surface area contributed by atoms with Crippen LogP contribution in [0.15, 0.2) is 83.9 Å². The number of anilines is 2. The number of aryl methyl sites for hydroxylation is 2. The normalized spacial score (nSPS) is 11.5. The fourth-order valence-corrected chi connectivity index (χ4v) is 4.73. The van der Waals surface area contributed by atoms with Crippen molar-refractivity contribution in [1.29, 1.82) is 0 Å². The lowest BCUT2D eigenvalue weighted by Crippen LogP contribution is -2.06. The van der Waals surface area contributed by atoms with Crippen LogP contribution in [0.3, 0.4) is 0 Å². The Morgan fingerprint density at radius 2 is 1.29 bits per heavy atom. The first-order chi connectivity index (χ1) is 17.0. The molecule has 5 heteroatoms. The van der Waals surface area contributed by atoms with Crippen molar-refractivity contribution in [3.05, 3.63) is 95.7 Å². The Kier molecular flexibility index (Phi) is 5.53. The largest absolute Gasteiger partial charge is 0.396 e. The lowest BCUT2D eigenvalue weighted by atomic mass is 10.1. The second kappa shape index (κ2) is 8.69. The molecule has 0 aliphatic rings. The van der Waals surface area contributed by atoms with E-state index >= 15 is 0 Å². The summed E-state index contributed by atoms with van der Waals surface area (Å²) in [7, 11) is 0. The van der Waals surface area contributed by atoms with Crippen LogP contribution >= 0.6 is 0 Å². The Labute approximate surface area is 205 Å². The third kappa shape index (κ3) is 3.53. The van der Waals surface area contributed by atoms with Crippen molar-refractivity contribution < 1.29 is 0 Å². The van der Waals surface area contributed by atoms with Crippen LogP contribution in [0.1, 0.15) is 23.7 Å². The number of aliphatic imine (C=N–C) groups is 1. The van der Waals surface area contributed by atoms with Gasteiger partial charge in [0.25, 0.3) is 0 Å². The number of para-hydroxylation sites is 1. The Balaban J connectivity index is 1.97. The lowest BCUT2D eigenvalue weighted by Gasteiger charge is -2.17. The second-order valence-corrected chi connectivity index (χ2v) is 8.78. The van der Waals surface area contributed by atoms with E-state index in [-0.39, 0.29) is 0 Å². The maximum Gasteiger partial charge on any atom is 0.111 e. The minimum atomic E-state index is 0.538. The zero-order valence-corrected chi connectivity index (χ0v) is 20.3. The number of rotatable bonds is 5. The second-order valence-electron chi connectivity index (χ2n) is 8.78. The van der Waals surface area contributed by atoms with Crippen LogP contribution in [0, 0.1) is 13.8 Å². The molecule has 5 nitrogen and oxygen atoms in total. The van der Waals surface area contributed by atoms with Gasteiger partial charge >= 0.3 is 0 Å². The number of nitrogens with two attached hydrogens (primary N) is 2. The smallest absolute Gasteiger partial charge is 0.111 e. The van der Waals surface area contributed by atoms with E-state index in [1.165, 1.54) is 11.1 Å². The van der Waals surface area contributed by atoms with Crippen LogP contribution in [0.25, 0.3) is 39.7 Å². The Morgan fingerprint density at radius 3 is 1.86 bits per heavy atom. The van der Waals surface area contributed by atoms with E-state index in [2.05, 4.69) is 89.3 Å². The summed E-state index contributed by atoms with van der Waals surface area (Å²) in [5.74, 6) is 0. The number of nitrogen functional groups attached to an aromatic ring is 2. The number of benzene rings is 3. The van der Waals surface area contributed by atoms with Gasteiger partial charge in [-0.05, 0) is 63.9 Å². The van der Waals surface area contributed by atoms with Crippen molar-refractivity contribution >= 4 is 40.8 Å². The topological polar surface area (TPSA) is 74.3 Å². The van der Waals surface area contributed by atoms with Crippen molar-refractivity contribution in [2.24, 2.45) is 4.99 Å². The third-order valence-corrected chi connectivity index (χ3v) is 6.42. The van der Waals surface area contributed by atoms with Gasteiger partial charge in [0.2, 0.25) is 0 Å². The van der Waals surface area contributed by atoms with Crippen LogP contribution in [-0.2, 0) is 0 Å². The Morgan fingerprint density at radius 1 is 0.743 bits per heavy atom. The highest BCUT2D eigenvalue weighted by molar-refractivity contribution is 6.05. The lowest BCUT2D eigenvalue weighted by molar-refractivity contribution is 1.03. The van der Waals surface area contributed by atoms with Crippen molar-refractivity contribution in [3.63, 3.8) is 0 Å². The summed E-state index contributed by atoms with van der Waals surface area (Å²) >= 11 is 0. The monoisotopic (exact) mass is 459 g/mol. The standard InChI is InChI=1S/C30H29N5/c1-5-8-25-28(33-4)27(32)30(35(25)22-17-13-20(3)14-18-22)29-26(31)23-9-6-7-10-24(23)34(29)21-15-11-19(2)12-16-21/h5-18H,4,31-32H2,1-3H3/b8-5-. The van der Waals surface area contributed by atoms with E-state index in [0.29, 0.717) is 17.1 Å². The van der Waals surface area contributed by atoms with Crippen LogP contribution in [0.5, 0.6) is 0 Å². The van der Waals surface area contributed by atoms with Gasteiger partial charge in [0, 0.05) is 16.8 Å². The minimum absolute atomic E-state index is 0.538. The first-order valence-corrected chi connectivity index (χ1v) is 11.6. The van der Waals surface area contributed by atoms with Gasteiger partial charge < -0.3 is 20.6 Å². The average molecular weight is 460 g/mol. The molecule has 2 heterocycles. The predicted octanol–water partition coefficient (Wildman–Crippen LogP) is 7.23. The molecule has 2 aromatic heterocycles. The van der Waals surface area contributed by atoms with Gasteiger partial charge in [-0.25, -0.2) is 0 Å². The number of fused-ring (bicyclic) bond motifs is 1. The zero-order chi connectivity index (χ0) is 24.7. The fraction of sp³-hybridized carbons (Fsp3) is 0.100. The molecule has 5 rings (SSSR count). The zero-order valence-electron chi connectivity index (χ0n) is 20.3. The molecule has 35 heavy (non-hydrogen) atoms. The Hall–Kier alpha value is -4.51. The average Bonchev–Trinajstić information content (AvgIpc) is 3.30. The summed E-state index contributed by atoms with van der Waals surface area (Å²) in [6.45, 7) is 9.97. The summed E-state index contributed by atoms with van der Waals surface area (Å²) < 4.78 is 4.32. The summed E-state index contributed by atoms with van der Waals surface area (Å²) in [6.07, 6.45) is 4.00. The molecular weight excluding hydrogens is 430 g/mol. The quantitative estimate of drug-likeness (QED) is 0.272. The molecule has 0 bridgehead atoms. The molecule has 0 radical (unpaired) electrons. The molecule has 4 N–H and O–H groups in total. The van der Waals surface area contributed by atoms with Gasteiger partial charge in [-0.3, -0.25) is 4.99 Å². The molecule has 0 fully saturated rings. The molecule has 0 unspecified atom stereocenters. The molecule has 0 amide bonds. The van der Waals surface area contributed by atoms with E-state index in [1.807, 2.05) is 37.3 Å². The van der Waals surface area contributed by atoms with Crippen molar-refractivity contribution in [3.8, 4) is 22.8 Å². The van der Waals surface area contributed by atoms with Crippen molar-refractivity contribution in [2.45, 2.75) is 20.8 Å². The van der Waals surface area contributed by atoms with Crippen LogP contribution in [0.2, 0.25) is 0 Å². The number of nitrogens with zero attached hydrogens (tertiary/aromatic N) is 3. The molecule has 0 spiro atoms. The number of aromatic nitrogens is 2. The molecule has 0 aliphatic heterocycles. The number of hydrogen-bond donors (Lipinski definition) is 2. The molecule has 174 valence electrons. The summed E-state index contributed by atoms with van der Waals surface area (Å²) in [4.78, 5) is 4.34. The van der Waals surface area contributed by atoms with Crippen LogP contribution in [-0.4, -0.2) is 15.9 Å². The molecule has 3 aromatic carbocycles. The molecule has 0 saturated carbocycles. The highest BCUT2D eigenvalue weighted by atomic mass is 15.1. The number of allylic oxidation sites excluding steroid dienone is 1. The van der Waals surface area contributed by atoms with Crippen LogP contribution < -0.4 is 11.5 Å². The molecular formula is C30H29N5. The van der Waals surface area contributed by atoms with E-state index < -0.39 is 0 Å². The van der Waals surface area contributed by atoms with Crippen LogP contribution in [0.4, 0.5) is 17.1 Å². The van der Waals surface area contributed by atoms with E-state index in [1.54, 1.807) is 0 Å². The fourth-order valence-electron chi connectivity index (χ4n) is 4.73. The molecule has 0 saturated heterocycles. The van der Waals surface area contributed by atoms with Gasteiger partial charge in [-0.15, -0.1) is 0 Å². The summed E-state index contributed by atoms with van der Waals surface area (Å²) in [5.41, 5.74) is 23.4. The van der Waals surface area contributed by atoms with Gasteiger partial charge in [-0.1, -0.05) is 59.7 Å². The van der Waals surface area contributed by atoms with E-state index in [9.17, 15) is 0 Å². The van der Waals surface area contributed by atoms with E-state index in [4.69, 9.17) is 11.5 Å². The molecule has 0 aliphatic carbocycles. The summed E-state index contributed by atoms with van der Waals surface area (Å²) in [5, 5.41) is 0.972. The third-order valence-electron chi connectivity index (χ3n) is 6.42. The first-order valence-electron chi connectivity index (χ1n) is 11.6. The van der Waals surface area contributed by atoms with E-state index in [0.717, 1.165) is 39.4 Å². The maximum absolute atomic E-state index is 6.90. The Bertz CT molecular complexity index is 1580. The summed E-state index contributed by atoms with van der Waals surface area (Å²) in [6, 6.07) is 25.0. The van der Waals surface area contributed by atoms with Gasteiger partial charge in [-0.2, -0.15) is 0 Å². The molecule has 0 atom stereocenters. The predicted molar refractivity (Wildman–Crippen MR) is 150 cm³/mol. The van der Waals surface area contributed by atoms with Gasteiger partial charge in [0.15, 0.2) is 0 Å². The van der Waals surface area contributed by atoms with Crippen molar-refractivity contribution in [1.82, 2.24) is 9.13 Å².